The lowest BCUT2D eigenvalue weighted by Crippen LogP contribution is -2.18. The summed E-state index contributed by atoms with van der Waals surface area (Å²) in [5.74, 6) is -0.487. The fourth-order valence-corrected chi connectivity index (χ4v) is 3.80. The van der Waals surface area contributed by atoms with E-state index in [1.54, 1.807) is 0 Å². The fraction of sp³-hybridized carbons (Fsp3) is 0.438. The number of carbonyl (C=O) groups is 1. The van der Waals surface area contributed by atoms with E-state index in [4.69, 9.17) is 0 Å². The molecule has 1 aliphatic rings. The number of nitrogens with one attached hydrogen (secondary N) is 1. The van der Waals surface area contributed by atoms with Crippen LogP contribution in [-0.2, 0) is 6.18 Å². The number of hydrogen-bond acceptors (Lipinski definition) is 4. The Morgan fingerprint density at radius 2 is 1.83 bits per heavy atom. The van der Waals surface area contributed by atoms with Crippen molar-refractivity contribution in [2.24, 2.45) is 0 Å². The topological polar surface area (TPSA) is 54.9 Å². The molecule has 128 valence electrons. The van der Waals surface area contributed by atoms with Gasteiger partial charge in [0.25, 0.3) is 5.91 Å². The second kappa shape index (κ2) is 6.88. The van der Waals surface area contributed by atoms with Gasteiger partial charge in [-0.3, -0.25) is 10.1 Å². The lowest BCUT2D eigenvalue weighted by atomic mass is 9.90. The normalized spacial score (nSPS) is 16.1. The molecule has 1 heterocycles. The van der Waals surface area contributed by atoms with E-state index in [0.29, 0.717) is 5.92 Å². The summed E-state index contributed by atoms with van der Waals surface area (Å²) in [5, 5.41) is 11.5. The second-order valence-electron chi connectivity index (χ2n) is 5.78. The summed E-state index contributed by atoms with van der Waals surface area (Å²) in [6.45, 7) is 0. The molecule has 0 radical (unpaired) electrons. The summed E-state index contributed by atoms with van der Waals surface area (Å²) in [4.78, 5) is 12.2. The van der Waals surface area contributed by atoms with Gasteiger partial charge in [-0.15, -0.1) is 10.2 Å². The van der Waals surface area contributed by atoms with Crippen LogP contribution < -0.4 is 5.32 Å². The summed E-state index contributed by atoms with van der Waals surface area (Å²) < 4.78 is 39.0. The van der Waals surface area contributed by atoms with Crippen LogP contribution in [0.2, 0.25) is 0 Å². The minimum Gasteiger partial charge on any atom is -0.296 e. The summed E-state index contributed by atoms with van der Waals surface area (Å²) in [6.07, 6.45) is 1.00. The Morgan fingerprint density at radius 3 is 2.54 bits per heavy atom. The molecular formula is C16H16F3N3OS. The molecule has 1 amide bonds. The van der Waals surface area contributed by atoms with E-state index in [1.165, 1.54) is 29.9 Å². The zero-order chi connectivity index (χ0) is 17.2. The number of aromatic nitrogens is 2. The maximum absolute atomic E-state index is 13.0. The van der Waals surface area contributed by atoms with Gasteiger partial charge in [-0.25, -0.2) is 0 Å². The average molecular weight is 355 g/mol. The maximum atomic E-state index is 13.0. The van der Waals surface area contributed by atoms with Gasteiger partial charge in [0, 0.05) is 5.92 Å². The molecule has 1 fully saturated rings. The Hall–Kier alpha value is -1.96. The highest BCUT2D eigenvalue weighted by atomic mass is 32.1. The van der Waals surface area contributed by atoms with Crippen LogP contribution in [0.1, 0.15) is 59.0 Å². The molecule has 3 rings (SSSR count). The molecule has 1 N–H and O–H groups in total. The molecule has 1 saturated carbocycles. The summed E-state index contributed by atoms with van der Waals surface area (Å²) in [6, 6.07) is 4.70. The molecule has 1 aromatic carbocycles. The molecule has 1 aromatic heterocycles. The van der Waals surface area contributed by atoms with Crippen molar-refractivity contribution in [3.05, 3.63) is 40.4 Å². The summed E-state index contributed by atoms with van der Waals surface area (Å²) >= 11 is 1.24. The van der Waals surface area contributed by atoms with Gasteiger partial charge in [-0.05, 0) is 25.0 Å². The van der Waals surface area contributed by atoms with Gasteiger partial charge in [0.2, 0.25) is 5.13 Å². The van der Waals surface area contributed by atoms with Gasteiger partial charge in [0.05, 0.1) is 11.1 Å². The molecule has 0 atom stereocenters. The molecule has 0 aliphatic heterocycles. The van der Waals surface area contributed by atoms with Gasteiger partial charge >= 0.3 is 6.18 Å². The molecule has 2 aromatic rings. The van der Waals surface area contributed by atoms with E-state index in [-0.39, 0.29) is 5.13 Å². The fourth-order valence-electron chi connectivity index (χ4n) is 2.89. The number of carbonyl (C=O) groups excluding carboxylic acids is 1. The van der Waals surface area contributed by atoms with Crippen LogP contribution in [0.5, 0.6) is 0 Å². The van der Waals surface area contributed by atoms with Crippen molar-refractivity contribution in [2.75, 3.05) is 5.32 Å². The van der Waals surface area contributed by atoms with Crippen molar-refractivity contribution < 1.29 is 18.0 Å². The third-order valence-electron chi connectivity index (χ3n) is 4.09. The molecule has 0 unspecified atom stereocenters. The lowest BCUT2D eigenvalue weighted by Gasteiger charge is -2.18. The Bertz CT molecular complexity index is 723. The first-order valence-electron chi connectivity index (χ1n) is 7.76. The molecule has 0 saturated heterocycles. The van der Waals surface area contributed by atoms with Crippen molar-refractivity contribution in [2.45, 2.75) is 44.2 Å². The number of rotatable bonds is 3. The molecular weight excluding hydrogens is 339 g/mol. The van der Waals surface area contributed by atoms with E-state index in [0.717, 1.165) is 42.8 Å². The highest BCUT2D eigenvalue weighted by Gasteiger charge is 2.35. The highest BCUT2D eigenvalue weighted by molar-refractivity contribution is 7.15. The first kappa shape index (κ1) is 16.9. The van der Waals surface area contributed by atoms with Crippen LogP contribution in [0.15, 0.2) is 24.3 Å². The SMILES string of the molecule is O=C(Nc1nnc(C2CCCCC2)s1)c1ccccc1C(F)(F)F. The van der Waals surface area contributed by atoms with Gasteiger partial charge in [0.15, 0.2) is 0 Å². The molecule has 24 heavy (non-hydrogen) atoms. The third kappa shape index (κ3) is 3.75. The van der Waals surface area contributed by atoms with Gasteiger partial charge in [-0.2, -0.15) is 13.2 Å². The number of benzene rings is 1. The monoisotopic (exact) mass is 355 g/mol. The second-order valence-corrected chi connectivity index (χ2v) is 6.79. The highest BCUT2D eigenvalue weighted by Crippen LogP contribution is 2.36. The number of anilines is 1. The Kier molecular flexibility index (Phi) is 4.84. The first-order chi connectivity index (χ1) is 11.4. The maximum Gasteiger partial charge on any atom is 0.417 e. The van der Waals surface area contributed by atoms with E-state index in [2.05, 4.69) is 15.5 Å². The number of alkyl halides is 3. The Labute approximate surface area is 141 Å². The van der Waals surface area contributed by atoms with Crippen LogP contribution in [0.4, 0.5) is 18.3 Å². The number of amides is 1. The number of halogens is 3. The quantitative estimate of drug-likeness (QED) is 0.856. The Balaban J connectivity index is 1.75. The molecule has 8 heteroatoms. The van der Waals surface area contributed by atoms with E-state index >= 15 is 0 Å². The zero-order valence-corrected chi connectivity index (χ0v) is 13.6. The van der Waals surface area contributed by atoms with Crippen molar-refractivity contribution in [1.82, 2.24) is 10.2 Å². The average Bonchev–Trinajstić information content (AvgIpc) is 3.03. The van der Waals surface area contributed by atoms with Gasteiger partial charge < -0.3 is 0 Å². The van der Waals surface area contributed by atoms with Gasteiger partial charge in [0.1, 0.15) is 5.01 Å². The van der Waals surface area contributed by atoms with E-state index in [1.807, 2.05) is 0 Å². The van der Waals surface area contributed by atoms with Crippen molar-refractivity contribution in [1.29, 1.82) is 0 Å². The van der Waals surface area contributed by atoms with Crippen LogP contribution in [0.25, 0.3) is 0 Å². The molecule has 4 nitrogen and oxygen atoms in total. The van der Waals surface area contributed by atoms with E-state index < -0.39 is 23.2 Å². The van der Waals surface area contributed by atoms with Crippen molar-refractivity contribution in [3.8, 4) is 0 Å². The predicted octanol–water partition coefficient (Wildman–Crippen LogP) is 4.86. The molecule has 0 bridgehead atoms. The molecule has 0 spiro atoms. The van der Waals surface area contributed by atoms with Crippen LogP contribution in [0, 0.1) is 0 Å². The van der Waals surface area contributed by atoms with Crippen LogP contribution >= 0.6 is 11.3 Å². The van der Waals surface area contributed by atoms with Crippen LogP contribution in [0.3, 0.4) is 0 Å². The van der Waals surface area contributed by atoms with Crippen molar-refractivity contribution in [3.63, 3.8) is 0 Å². The minimum absolute atomic E-state index is 0.234. The largest absolute Gasteiger partial charge is 0.417 e. The minimum atomic E-state index is -4.58. The zero-order valence-electron chi connectivity index (χ0n) is 12.8. The van der Waals surface area contributed by atoms with Gasteiger partial charge in [-0.1, -0.05) is 42.7 Å². The van der Waals surface area contributed by atoms with Crippen LogP contribution in [-0.4, -0.2) is 16.1 Å². The van der Waals surface area contributed by atoms with Crippen molar-refractivity contribution >= 4 is 22.4 Å². The predicted molar refractivity (Wildman–Crippen MR) is 85.1 cm³/mol. The first-order valence-corrected chi connectivity index (χ1v) is 8.58. The number of hydrogen-bond donors (Lipinski definition) is 1. The molecule has 1 aliphatic carbocycles. The standard InChI is InChI=1S/C16H16F3N3OS/c17-16(18,19)12-9-5-4-8-11(12)13(23)20-15-22-21-14(24-15)10-6-2-1-3-7-10/h4-5,8-10H,1-3,6-7H2,(H,20,22,23). The number of nitrogens with zero attached hydrogens (tertiary/aromatic N) is 2. The lowest BCUT2D eigenvalue weighted by molar-refractivity contribution is -0.137. The summed E-state index contributed by atoms with van der Waals surface area (Å²) in [5.41, 5.74) is -1.38. The van der Waals surface area contributed by atoms with E-state index in [9.17, 15) is 18.0 Å². The summed E-state index contributed by atoms with van der Waals surface area (Å²) in [7, 11) is 0. The Morgan fingerprint density at radius 1 is 1.12 bits per heavy atom. The smallest absolute Gasteiger partial charge is 0.296 e. The third-order valence-corrected chi connectivity index (χ3v) is 5.09.